The van der Waals surface area contributed by atoms with Gasteiger partial charge in [-0.25, -0.2) is 0 Å². The number of benzene rings is 9. The van der Waals surface area contributed by atoms with Gasteiger partial charge in [0.2, 0.25) is 0 Å². The van der Waals surface area contributed by atoms with Crippen LogP contribution in [0, 0.1) is 0 Å². The molecule has 9 aromatic carbocycles. The number of hydrogen-bond acceptors (Lipinski definition) is 1. The largest absolute Gasteiger partial charge is 0.310 e. The van der Waals surface area contributed by atoms with Gasteiger partial charge in [0.25, 0.3) is 0 Å². The van der Waals surface area contributed by atoms with Crippen LogP contribution in [0.15, 0.2) is 224 Å². The molecule has 0 N–H and O–H groups in total. The first-order chi connectivity index (χ1) is 26.8. The van der Waals surface area contributed by atoms with Crippen LogP contribution in [0.1, 0.15) is 22.3 Å². The predicted octanol–water partition coefficient (Wildman–Crippen LogP) is 14.0. The van der Waals surface area contributed by atoms with Gasteiger partial charge in [-0.1, -0.05) is 182 Å². The quantitative estimate of drug-likeness (QED) is 0.161. The van der Waals surface area contributed by atoms with Crippen LogP contribution in [0.2, 0.25) is 0 Å². The van der Waals surface area contributed by atoms with Crippen LogP contribution in [0.4, 0.5) is 17.1 Å². The first kappa shape index (κ1) is 31.7. The molecule has 0 aliphatic heterocycles. The van der Waals surface area contributed by atoms with Gasteiger partial charge in [-0.3, -0.25) is 0 Å². The molecule has 0 unspecified atom stereocenters. The van der Waals surface area contributed by atoms with Crippen molar-refractivity contribution in [2.45, 2.75) is 5.41 Å². The van der Waals surface area contributed by atoms with Gasteiger partial charge in [-0.05, 0) is 109 Å². The maximum atomic E-state index is 2.45. The lowest BCUT2D eigenvalue weighted by molar-refractivity contribution is 0.775. The highest BCUT2D eigenvalue weighted by atomic mass is 15.1. The van der Waals surface area contributed by atoms with Crippen LogP contribution in [-0.4, -0.2) is 0 Å². The first-order valence-electron chi connectivity index (χ1n) is 18.7. The molecular weight excluding hydrogens is 651 g/mol. The van der Waals surface area contributed by atoms with E-state index in [2.05, 4.69) is 229 Å². The van der Waals surface area contributed by atoms with Crippen molar-refractivity contribution in [1.29, 1.82) is 0 Å². The second kappa shape index (κ2) is 13.2. The normalized spacial score (nSPS) is 12.6. The highest BCUT2D eigenvalue weighted by molar-refractivity contribution is 6.07. The Bertz CT molecular complexity index is 2680. The minimum absolute atomic E-state index is 0.551. The monoisotopic (exact) mass is 687 g/mol. The molecule has 0 saturated carbocycles. The maximum Gasteiger partial charge on any atom is 0.0719 e. The van der Waals surface area contributed by atoms with E-state index < -0.39 is 5.41 Å². The molecule has 0 amide bonds. The Kier molecular flexibility index (Phi) is 7.78. The number of hydrogen-bond donors (Lipinski definition) is 0. The minimum Gasteiger partial charge on any atom is -0.310 e. The van der Waals surface area contributed by atoms with Crippen molar-refractivity contribution >= 4 is 27.8 Å². The third-order valence-electron chi connectivity index (χ3n) is 11.1. The Morgan fingerprint density at radius 3 is 1.44 bits per heavy atom. The van der Waals surface area contributed by atoms with Gasteiger partial charge in [0, 0.05) is 17.1 Å². The van der Waals surface area contributed by atoms with E-state index in [9.17, 15) is 0 Å². The van der Waals surface area contributed by atoms with Crippen molar-refractivity contribution in [3.63, 3.8) is 0 Å². The molecule has 54 heavy (non-hydrogen) atoms. The number of fused-ring (bicyclic) bond motifs is 5. The molecule has 0 fully saturated rings. The zero-order valence-corrected chi connectivity index (χ0v) is 29.8. The molecule has 254 valence electrons. The summed E-state index contributed by atoms with van der Waals surface area (Å²) in [4.78, 5) is 2.39. The number of nitrogens with zero attached hydrogens (tertiary/aromatic N) is 1. The second-order valence-electron chi connectivity index (χ2n) is 14.1. The van der Waals surface area contributed by atoms with Crippen molar-refractivity contribution in [3.8, 4) is 33.4 Å². The molecule has 1 aliphatic carbocycles. The molecule has 1 heteroatoms. The lowest BCUT2D eigenvalue weighted by Gasteiger charge is -2.35. The van der Waals surface area contributed by atoms with Gasteiger partial charge >= 0.3 is 0 Å². The fraction of sp³-hybridized carbons (Fsp3) is 0.0189. The smallest absolute Gasteiger partial charge is 0.0719 e. The van der Waals surface area contributed by atoms with E-state index in [4.69, 9.17) is 0 Å². The van der Waals surface area contributed by atoms with Crippen molar-refractivity contribution in [2.24, 2.45) is 0 Å². The number of anilines is 3. The van der Waals surface area contributed by atoms with Gasteiger partial charge < -0.3 is 4.90 Å². The van der Waals surface area contributed by atoms with Gasteiger partial charge in [-0.15, -0.1) is 0 Å². The molecule has 0 atom stereocenters. The number of para-hydroxylation sites is 1. The summed E-state index contributed by atoms with van der Waals surface area (Å²) in [6.45, 7) is 0. The number of rotatable bonds is 7. The zero-order chi connectivity index (χ0) is 35.9. The summed E-state index contributed by atoms with van der Waals surface area (Å²) < 4.78 is 0. The molecule has 0 aromatic heterocycles. The standard InChI is InChI=1S/C53H37N/c1-6-18-38(19-7-1)39-30-32-45(33-31-39)54(44-27-14-5-15-28-44)46-34-35-50-49(37-46)51-48(40-20-8-2-9-21-40)36-41-22-16-17-29-47(41)52(51)53(50,42-23-10-3-11-24-42)43-25-12-4-13-26-43/h1-37H. The Balaban J connectivity index is 1.29. The van der Waals surface area contributed by atoms with Crippen molar-refractivity contribution in [1.82, 2.24) is 0 Å². The lowest BCUT2D eigenvalue weighted by atomic mass is 9.66. The van der Waals surface area contributed by atoms with E-state index in [-0.39, 0.29) is 0 Å². The lowest BCUT2D eigenvalue weighted by Crippen LogP contribution is -2.29. The SMILES string of the molecule is c1ccc(-c2ccc(N(c3ccccc3)c3ccc4c(c3)-c3c(-c5ccccc5)cc5ccccc5c3C4(c3ccccc3)c3ccccc3)cc2)cc1. The van der Waals surface area contributed by atoms with Crippen LogP contribution in [-0.2, 0) is 5.41 Å². The van der Waals surface area contributed by atoms with Gasteiger partial charge in [0.1, 0.15) is 0 Å². The molecule has 0 spiro atoms. The van der Waals surface area contributed by atoms with E-state index in [1.54, 1.807) is 0 Å². The molecular formula is C53H37N. The van der Waals surface area contributed by atoms with Crippen LogP contribution in [0.25, 0.3) is 44.2 Å². The van der Waals surface area contributed by atoms with Crippen LogP contribution < -0.4 is 4.90 Å². The Labute approximate surface area is 317 Å². The van der Waals surface area contributed by atoms with Gasteiger partial charge in [0.15, 0.2) is 0 Å². The fourth-order valence-electron chi connectivity index (χ4n) is 8.80. The first-order valence-corrected chi connectivity index (χ1v) is 18.7. The third kappa shape index (κ3) is 5.09. The van der Waals surface area contributed by atoms with Crippen molar-refractivity contribution in [2.75, 3.05) is 4.90 Å². The van der Waals surface area contributed by atoms with Crippen LogP contribution >= 0.6 is 0 Å². The summed E-state index contributed by atoms with van der Waals surface area (Å²) in [7, 11) is 0. The zero-order valence-electron chi connectivity index (χ0n) is 29.8. The summed E-state index contributed by atoms with van der Waals surface area (Å²) in [5.41, 5.74) is 15.3. The molecule has 0 saturated heterocycles. The average Bonchev–Trinajstić information content (AvgIpc) is 3.57. The highest BCUT2D eigenvalue weighted by Crippen LogP contribution is 2.61. The summed E-state index contributed by atoms with van der Waals surface area (Å²) >= 11 is 0. The highest BCUT2D eigenvalue weighted by Gasteiger charge is 2.48. The molecule has 1 aliphatic rings. The summed E-state index contributed by atoms with van der Waals surface area (Å²) in [5.74, 6) is 0. The Morgan fingerprint density at radius 2 is 0.815 bits per heavy atom. The molecule has 0 heterocycles. The van der Waals surface area contributed by atoms with Crippen LogP contribution in [0.5, 0.6) is 0 Å². The van der Waals surface area contributed by atoms with Crippen molar-refractivity contribution in [3.05, 3.63) is 247 Å². The molecule has 9 aromatic rings. The molecule has 10 rings (SSSR count). The Morgan fingerprint density at radius 1 is 0.333 bits per heavy atom. The molecule has 1 nitrogen and oxygen atoms in total. The Hall–Kier alpha value is -6.96. The van der Waals surface area contributed by atoms with E-state index in [1.807, 2.05) is 0 Å². The predicted molar refractivity (Wildman–Crippen MR) is 227 cm³/mol. The van der Waals surface area contributed by atoms with Crippen LogP contribution in [0.3, 0.4) is 0 Å². The third-order valence-corrected chi connectivity index (χ3v) is 11.1. The summed E-state index contributed by atoms with van der Waals surface area (Å²) in [6, 6.07) is 82.0. The van der Waals surface area contributed by atoms with E-state index >= 15 is 0 Å². The average molecular weight is 688 g/mol. The summed E-state index contributed by atoms with van der Waals surface area (Å²) in [5, 5.41) is 2.51. The van der Waals surface area contributed by atoms with Gasteiger partial charge in [-0.2, -0.15) is 0 Å². The fourth-order valence-corrected chi connectivity index (χ4v) is 8.80. The molecule has 0 bridgehead atoms. The van der Waals surface area contributed by atoms with E-state index in [0.29, 0.717) is 0 Å². The topological polar surface area (TPSA) is 3.24 Å². The summed E-state index contributed by atoms with van der Waals surface area (Å²) in [6.07, 6.45) is 0. The van der Waals surface area contributed by atoms with E-state index in [1.165, 1.54) is 66.4 Å². The minimum atomic E-state index is -0.551. The van der Waals surface area contributed by atoms with Crippen molar-refractivity contribution < 1.29 is 0 Å². The van der Waals surface area contributed by atoms with E-state index in [0.717, 1.165) is 17.1 Å². The maximum absolute atomic E-state index is 2.45. The molecule has 0 radical (unpaired) electrons. The second-order valence-corrected chi connectivity index (χ2v) is 14.1. The van der Waals surface area contributed by atoms with Gasteiger partial charge in [0.05, 0.1) is 5.41 Å².